The van der Waals surface area contributed by atoms with Gasteiger partial charge in [-0.1, -0.05) is 102 Å². The predicted octanol–water partition coefficient (Wildman–Crippen LogP) is 8.08. The van der Waals surface area contributed by atoms with Crippen molar-refractivity contribution in [3.8, 4) is 11.5 Å². The molecule has 1 unspecified atom stereocenters. The second-order valence-corrected chi connectivity index (χ2v) is 10.8. The minimum absolute atomic E-state index is 0.0465. The standard InChI is InChI=1S/C33H41NO4/c1-6-7-9-15-26(21-31(36)34-29-20-25(22-35)18-19-28(29)33(2,3)4)27-16-12-17-30(37-5)32(27)38-23-24-13-10-8-11-14-24/h8,10-14,16-20,22,26H,6-7,9,15,21,23H2,1-5H3,(H,34,36). The molecule has 3 aromatic rings. The number of hydrogen-bond donors (Lipinski definition) is 1. The van der Waals surface area contributed by atoms with Crippen LogP contribution in [0, 0.1) is 0 Å². The zero-order chi connectivity index (χ0) is 27.5. The Morgan fingerprint density at radius 2 is 1.76 bits per heavy atom. The summed E-state index contributed by atoms with van der Waals surface area (Å²) in [4.78, 5) is 24.9. The van der Waals surface area contributed by atoms with Crippen LogP contribution in [0.2, 0.25) is 0 Å². The zero-order valence-corrected chi connectivity index (χ0v) is 23.4. The Kier molecular flexibility index (Phi) is 10.5. The number of rotatable bonds is 13. The van der Waals surface area contributed by atoms with Crippen LogP contribution in [0.1, 0.15) is 92.8 Å². The summed E-state index contributed by atoms with van der Waals surface area (Å²) in [6.07, 6.45) is 5.17. The Morgan fingerprint density at radius 1 is 1.00 bits per heavy atom. The summed E-state index contributed by atoms with van der Waals surface area (Å²) in [5.41, 5.74) is 4.07. The van der Waals surface area contributed by atoms with Crippen LogP contribution in [0.15, 0.2) is 66.7 Å². The van der Waals surface area contributed by atoms with Gasteiger partial charge in [0, 0.05) is 23.2 Å². The third-order valence-corrected chi connectivity index (χ3v) is 6.74. The second-order valence-electron chi connectivity index (χ2n) is 10.8. The highest BCUT2D eigenvalue weighted by molar-refractivity contribution is 5.93. The number of methoxy groups -OCH3 is 1. The second kappa shape index (κ2) is 13.8. The number of anilines is 1. The molecule has 0 radical (unpaired) electrons. The van der Waals surface area contributed by atoms with E-state index in [-0.39, 0.29) is 17.2 Å². The van der Waals surface area contributed by atoms with E-state index in [1.807, 2.05) is 54.6 Å². The Hall–Kier alpha value is -3.60. The smallest absolute Gasteiger partial charge is 0.224 e. The zero-order valence-electron chi connectivity index (χ0n) is 23.4. The van der Waals surface area contributed by atoms with Crippen LogP contribution in [0.5, 0.6) is 11.5 Å². The van der Waals surface area contributed by atoms with Crippen molar-refractivity contribution in [1.29, 1.82) is 0 Å². The van der Waals surface area contributed by atoms with Gasteiger partial charge < -0.3 is 14.8 Å². The number of carbonyl (C=O) groups excluding carboxylic acids is 2. The van der Waals surface area contributed by atoms with E-state index >= 15 is 0 Å². The fourth-order valence-corrected chi connectivity index (χ4v) is 4.73. The highest BCUT2D eigenvalue weighted by Crippen LogP contribution is 2.40. The first-order valence-electron chi connectivity index (χ1n) is 13.5. The Balaban J connectivity index is 1.90. The van der Waals surface area contributed by atoms with Crippen molar-refractivity contribution in [3.63, 3.8) is 0 Å². The Labute approximate surface area is 227 Å². The predicted molar refractivity (Wildman–Crippen MR) is 154 cm³/mol. The number of carbonyl (C=O) groups is 2. The van der Waals surface area contributed by atoms with Crippen LogP contribution in [0.3, 0.4) is 0 Å². The van der Waals surface area contributed by atoms with Gasteiger partial charge in [0.1, 0.15) is 12.9 Å². The molecular formula is C33H41NO4. The molecule has 0 aromatic heterocycles. The third kappa shape index (κ3) is 7.95. The van der Waals surface area contributed by atoms with Gasteiger partial charge in [-0.3, -0.25) is 9.59 Å². The summed E-state index contributed by atoms with van der Waals surface area (Å²) in [5.74, 6) is 1.21. The summed E-state index contributed by atoms with van der Waals surface area (Å²) in [6.45, 7) is 8.88. The lowest BCUT2D eigenvalue weighted by Gasteiger charge is -2.25. The highest BCUT2D eigenvalue weighted by atomic mass is 16.5. The maximum atomic E-state index is 13.5. The summed E-state index contributed by atoms with van der Waals surface area (Å²) >= 11 is 0. The van der Waals surface area contributed by atoms with E-state index in [4.69, 9.17) is 9.47 Å². The largest absolute Gasteiger partial charge is 0.493 e. The average Bonchev–Trinajstić information content (AvgIpc) is 2.91. The number of unbranched alkanes of at least 4 members (excludes halogenated alkanes) is 2. The van der Waals surface area contributed by atoms with E-state index in [1.54, 1.807) is 19.2 Å². The summed E-state index contributed by atoms with van der Waals surface area (Å²) in [6, 6.07) is 21.4. The van der Waals surface area contributed by atoms with Gasteiger partial charge in [0.25, 0.3) is 0 Å². The minimum Gasteiger partial charge on any atom is -0.493 e. The normalized spacial score (nSPS) is 12.0. The number of benzene rings is 3. The maximum Gasteiger partial charge on any atom is 0.224 e. The lowest BCUT2D eigenvalue weighted by Crippen LogP contribution is -2.21. The number of ether oxygens (including phenoxy) is 2. The molecule has 0 bridgehead atoms. The van der Waals surface area contributed by atoms with Crippen molar-refractivity contribution in [3.05, 3.63) is 89.0 Å². The number of hydrogen-bond acceptors (Lipinski definition) is 4. The van der Waals surface area contributed by atoms with Crippen LogP contribution in [-0.2, 0) is 16.8 Å². The molecule has 0 heterocycles. The Bertz CT molecular complexity index is 1200. The molecule has 0 saturated carbocycles. The molecular weight excluding hydrogens is 474 g/mol. The number of amides is 1. The first-order chi connectivity index (χ1) is 18.3. The quantitative estimate of drug-likeness (QED) is 0.185. The minimum atomic E-state index is -0.185. The van der Waals surface area contributed by atoms with E-state index in [0.29, 0.717) is 35.8 Å². The molecule has 1 atom stereocenters. The third-order valence-electron chi connectivity index (χ3n) is 6.74. The van der Waals surface area contributed by atoms with Gasteiger partial charge in [0.05, 0.1) is 7.11 Å². The first-order valence-corrected chi connectivity index (χ1v) is 13.5. The Morgan fingerprint density at radius 3 is 2.42 bits per heavy atom. The molecule has 3 rings (SSSR count). The van der Waals surface area contributed by atoms with Gasteiger partial charge in [0.2, 0.25) is 5.91 Å². The number of aldehydes is 1. The molecule has 0 fully saturated rings. The monoisotopic (exact) mass is 515 g/mol. The van der Waals surface area contributed by atoms with Crippen LogP contribution in [0.4, 0.5) is 5.69 Å². The van der Waals surface area contributed by atoms with Gasteiger partial charge in [0.15, 0.2) is 11.5 Å². The van der Waals surface area contributed by atoms with Gasteiger partial charge in [-0.15, -0.1) is 0 Å². The highest BCUT2D eigenvalue weighted by Gasteiger charge is 2.24. The van der Waals surface area contributed by atoms with E-state index in [2.05, 4.69) is 33.0 Å². The molecule has 202 valence electrons. The van der Waals surface area contributed by atoms with Gasteiger partial charge >= 0.3 is 0 Å². The van der Waals surface area contributed by atoms with E-state index in [1.165, 1.54) is 0 Å². The topological polar surface area (TPSA) is 64.6 Å². The molecule has 0 aliphatic heterocycles. The molecule has 5 heteroatoms. The fourth-order valence-electron chi connectivity index (χ4n) is 4.73. The van der Waals surface area contributed by atoms with Gasteiger partial charge in [-0.05, 0) is 41.0 Å². The average molecular weight is 516 g/mol. The molecule has 38 heavy (non-hydrogen) atoms. The van der Waals surface area contributed by atoms with Crippen LogP contribution in [0.25, 0.3) is 0 Å². The first kappa shape index (κ1) is 29.0. The van der Waals surface area contributed by atoms with Crippen LogP contribution < -0.4 is 14.8 Å². The molecule has 5 nitrogen and oxygen atoms in total. The van der Waals surface area contributed by atoms with Crippen LogP contribution in [-0.4, -0.2) is 19.3 Å². The lowest BCUT2D eigenvalue weighted by molar-refractivity contribution is -0.116. The fraction of sp³-hybridized carbons (Fsp3) is 0.394. The SMILES string of the molecule is CCCCCC(CC(=O)Nc1cc(C=O)ccc1C(C)(C)C)c1cccc(OC)c1OCc1ccccc1. The van der Waals surface area contributed by atoms with Crippen molar-refractivity contribution in [2.75, 3.05) is 12.4 Å². The maximum absolute atomic E-state index is 13.5. The molecule has 3 aromatic carbocycles. The molecule has 0 saturated heterocycles. The molecule has 0 spiro atoms. The van der Waals surface area contributed by atoms with Crippen molar-refractivity contribution < 1.29 is 19.1 Å². The summed E-state index contributed by atoms with van der Waals surface area (Å²) in [7, 11) is 1.64. The van der Waals surface area contributed by atoms with E-state index < -0.39 is 0 Å². The van der Waals surface area contributed by atoms with Crippen molar-refractivity contribution in [2.45, 2.75) is 77.7 Å². The van der Waals surface area contributed by atoms with Gasteiger partial charge in [-0.2, -0.15) is 0 Å². The lowest BCUT2D eigenvalue weighted by atomic mass is 9.85. The van der Waals surface area contributed by atoms with Crippen molar-refractivity contribution in [1.82, 2.24) is 0 Å². The van der Waals surface area contributed by atoms with E-state index in [0.717, 1.165) is 48.7 Å². The molecule has 0 aliphatic carbocycles. The van der Waals surface area contributed by atoms with Crippen molar-refractivity contribution in [2.24, 2.45) is 0 Å². The summed E-state index contributed by atoms with van der Waals surface area (Å²) < 4.78 is 12.0. The van der Waals surface area contributed by atoms with Crippen molar-refractivity contribution >= 4 is 17.9 Å². The molecule has 1 N–H and O–H groups in total. The molecule has 0 aliphatic rings. The number of nitrogens with one attached hydrogen (secondary N) is 1. The molecule has 1 amide bonds. The van der Waals surface area contributed by atoms with E-state index in [9.17, 15) is 9.59 Å². The van der Waals surface area contributed by atoms with Gasteiger partial charge in [-0.25, -0.2) is 0 Å². The number of para-hydroxylation sites is 1. The van der Waals surface area contributed by atoms with Crippen LogP contribution >= 0.6 is 0 Å². The summed E-state index contributed by atoms with van der Waals surface area (Å²) in [5, 5.41) is 3.12.